The Morgan fingerprint density at radius 3 is 2.41 bits per heavy atom. The number of aromatic nitrogens is 2. The van der Waals surface area contributed by atoms with Crippen LogP contribution in [-0.4, -0.2) is 9.97 Å². The first-order valence-electron chi connectivity index (χ1n) is 6.42. The molecule has 22 heavy (non-hydrogen) atoms. The van der Waals surface area contributed by atoms with Crippen molar-refractivity contribution in [1.29, 1.82) is 0 Å². The van der Waals surface area contributed by atoms with E-state index in [9.17, 15) is 13.2 Å². The summed E-state index contributed by atoms with van der Waals surface area (Å²) in [7, 11) is 0. The Hall–Kier alpha value is -2.08. The largest absolute Gasteiger partial charge is 0.416 e. The molecule has 1 aromatic heterocycles. The average molecular weight is 367 g/mol. The first kappa shape index (κ1) is 14.8. The van der Waals surface area contributed by atoms with E-state index in [0.29, 0.717) is 17.1 Å². The lowest BCUT2D eigenvalue weighted by molar-refractivity contribution is -0.137. The highest BCUT2D eigenvalue weighted by atomic mass is 79.9. The van der Waals surface area contributed by atoms with Crippen LogP contribution in [0.4, 0.5) is 13.2 Å². The van der Waals surface area contributed by atoms with Crippen molar-refractivity contribution in [1.82, 2.24) is 9.97 Å². The highest BCUT2D eigenvalue weighted by Crippen LogP contribution is 2.32. The first-order chi connectivity index (χ1) is 10.4. The number of alkyl halides is 3. The maximum atomic E-state index is 12.8. The lowest BCUT2D eigenvalue weighted by Crippen LogP contribution is -2.04. The third-order valence-electron chi connectivity index (χ3n) is 3.17. The summed E-state index contributed by atoms with van der Waals surface area (Å²) in [6.07, 6.45) is -2.82. The van der Waals surface area contributed by atoms with E-state index in [0.717, 1.165) is 22.2 Å². The fourth-order valence-corrected chi connectivity index (χ4v) is 2.51. The summed E-state index contributed by atoms with van der Waals surface area (Å²) >= 11 is 3.38. The molecule has 0 bridgehead atoms. The third-order valence-corrected chi connectivity index (χ3v) is 3.67. The van der Waals surface area contributed by atoms with Gasteiger partial charge in [0.15, 0.2) is 0 Å². The molecule has 0 spiro atoms. The number of hydrogen-bond acceptors (Lipinski definition) is 1. The monoisotopic (exact) mass is 366 g/mol. The number of benzene rings is 2. The summed E-state index contributed by atoms with van der Waals surface area (Å²) in [5.41, 5.74) is 1.17. The zero-order valence-electron chi connectivity index (χ0n) is 11.2. The molecule has 112 valence electrons. The van der Waals surface area contributed by atoms with Crippen LogP contribution in [0.3, 0.4) is 0 Å². The van der Waals surface area contributed by atoms with Crippen molar-refractivity contribution in [2.75, 3.05) is 0 Å². The van der Waals surface area contributed by atoms with E-state index >= 15 is 0 Å². The number of aromatic amines is 1. The summed E-state index contributed by atoms with van der Waals surface area (Å²) in [6.45, 7) is 0. The molecule has 6 heteroatoms. The smallest absolute Gasteiger partial charge is 0.338 e. The Kier molecular flexibility index (Phi) is 3.78. The Morgan fingerprint density at radius 2 is 1.68 bits per heavy atom. The van der Waals surface area contributed by atoms with Gasteiger partial charge in [-0.15, -0.1) is 0 Å². The lowest BCUT2D eigenvalue weighted by atomic mass is 10.1. The molecule has 3 aromatic rings. The second kappa shape index (κ2) is 5.61. The second-order valence-electron chi connectivity index (χ2n) is 4.73. The van der Waals surface area contributed by atoms with Gasteiger partial charge in [-0.3, -0.25) is 0 Å². The van der Waals surface area contributed by atoms with Crippen LogP contribution in [-0.2, 0) is 6.18 Å². The molecular weight excluding hydrogens is 357 g/mol. The normalized spacial score (nSPS) is 11.6. The first-order valence-corrected chi connectivity index (χ1v) is 7.21. The molecule has 0 unspecified atom stereocenters. The number of nitrogens with one attached hydrogen (secondary N) is 1. The average Bonchev–Trinajstić information content (AvgIpc) is 2.96. The van der Waals surface area contributed by atoms with E-state index in [1.807, 2.05) is 24.3 Å². The summed E-state index contributed by atoms with van der Waals surface area (Å²) in [5, 5.41) is 0. The van der Waals surface area contributed by atoms with Crippen LogP contribution in [0, 0.1) is 0 Å². The minimum atomic E-state index is -4.36. The van der Waals surface area contributed by atoms with Crippen molar-refractivity contribution in [3.8, 4) is 22.6 Å². The number of rotatable bonds is 2. The van der Waals surface area contributed by atoms with E-state index in [2.05, 4.69) is 25.9 Å². The van der Waals surface area contributed by atoms with Gasteiger partial charge in [0.05, 0.1) is 17.5 Å². The number of H-pyrrole nitrogens is 1. The fraction of sp³-hybridized carbons (Fsp3) is 0.0625. The summed E-state index contributed by atoms with van der Waals surface area (Å²) < 4.78 is 39.2. The van der Waals surface area contributed by atoms with Crippen LogP contribution in [0.1, 0.15) is 5.56 Å². The Bertz CT molecular complexity index is 809. The van der Waals surface area contributed by atoms with E-state index in [-0.39, 0.29) is 0 Å². The van der Waals surface area contributed by atoms with Crippen molar-refractivity contribution in [3.05, 3.63) is 64.8 Å². The van der Waals surface area contributed by atoms with Crippen LogP contribution in [0.2, 0.25) is 0 Å². The van der Waals surface area contributed by atoms with Gasteiger partial charge in [-0.2, -0.15) is 13.2 Å². The lowest BCUT2D eigenvalue weighted by Gasteiger charge is -2.07. The second-order valence-corrected chi connectivity index (χ2v) is 5.65. The van der Waals surface area contributed by atoms with E-state index in [1.165, 1.54) is 12.3 Å². The van der Waals surface area contributed by atoms with Crippen LogP contribution in [0.5, 0.6) is 0 Å². The molecule has 2 nitrogen and oxygen atoms in total. The minimum absolute atomic E-state index is 0.448. The number of halogens is 4. The maximum absolute atomic E-state index is 12.8. The molecule has 0 aliphatic carbocycles. The Balaban J connectivity index is 1.98. The quantitative estimate of drug-likeness (QED) is 0.634. The van der Waals surface area contributed by atoms with Crippen LogP contribution < -0.4 is 0 Å². The summed E-state index contributed by atoms with van der Waals surface area (Å²) in [6, 6.07) is 12.7. The van der Waals surface area contributed by atoms with Crippen molar-refractivity contribution in [3.63, 3.8) is 0 Å². The van der Waals surface area contributed by atoms with Crippen molar-refractivity contribution in [2.24, 2.45) is 0 Å². The minimum Gasteiger partial charge on any atom is -0.338 e. The molecule has 0 atom stereocenters. The van der Waals surface area contributed by atoms with Gasteiger partial charge in [-0.1, -0.05) is 40.2 Å². The van der Waals surface area contributed by atoms with Crippen LogP contribution >= 0.6 is 15.9 Å². The van der Waals surface area contributed by atoms with E-state index < -0.39 is 11.7 Å². The SMILES string of the molecule is FC(F)(F)c1cccc(-c2cnc(-c3cccc(Br)c3)[nH]2)c1. The molecule has 0 amide bonds. The molecule has 0 saturated carbocycles. The molecule has 3 rings (SSSR count). The third kappa shape index (κ3) is 3.06. The standard InChI is InChI=1S/C16H10BrF3N2/c17-13-6-2-4-11(8-13)15-21-9-14(22-15)10-3-1-5-12(7-10)16(18,19)20/h1-9H,(H,21,22). The van der Waals surface area contributed by atoms with Gasteiger partial charge in [-0.05, 0) is 24.3 Å². The molecule has 1 N–H and O–H groups in total. The molecule has 0 radical (unpaired) electrons. The number of nitrogens with zero attached hydrogens (tertiary/aromatic N) is 1. The molecule has 1 heterocycles. The molecule has 0 aliphatic rings. The van der Waals surface area contributed by atoms with Crippen molar-refractivity contribution in [2.45, 2.75) is 6.18 Å². The van der Waals surface area contributed by atoms with Crippen LogP contribution in [0.25, 0.3) is 22.6 Å². The summed E-state index contributed by atoms with van der Waals surface area (Å²) in [4.78, 5) is 7.29. The Labute approximate surface area is 133 Å². The van der Waals surface area contributed by atoms with Crippen molar-refractivity contribution < 1.29 is 13.2 Å². The van der Waals surface area contributed by atoms with E-state index in [1.54, 1.807) is 6.07 Å². The molecule has 0 fully saturated rings. The molecule has 2 aromatic carbocycles. The van der Waals surface area contributed by atoms with Gasteiger partial charge in [0, 0.05) is 15.6 Å². The maximum Gasteiger partial charge on any atom is 0.416 e. The van der Waals surface area contributed by atoms with Gasteiger partial charge in [-0.25, -0.2) is 4.98 Å². The predicted octanol–water partition coefficient (Wildman–Crippen LogP) is 5.53. The molecular formula is C16H10BrF3N2. The topological polar surface area (TPSA) is 28.7 Å². The van der Waals surface area contributed by atoms with Gasteiger partial charge < -0.3 is 4.98 Å². The number of imidazole rings is 1. The van der Waals surface area contributed by atoms with E-state index in [4.69, 9.17) is 0 Å². The van der Waals surface area contributed by atoms with Gasteiger partial charge in [0.25, 0.3) is 0 Å². The zero-order chi connectivity index (χ0) is 15.7. The fourth-order valence-electron chi connectivity index (χ4n) is 2.11. The zero-order valence-corrected chi connectivity index (χ0v) is 12.7. The van der Waals surface area contributed by atoms with Gasteiger partial charge >= 0.3 is 6.18 Å². The highest BCUT2D eigenvalue weighted by molar-refractivity contribution is 9.10. The van der Waals surface area contributed by atoms with Crippen LogP contribution in [0.15, 0.2) is 59.2 Å². The highest BCUT2D eigenvalue weighted by Gasteiger charge is 2.30. The van der Waals surface area contributed by atoms with Crippen molar-refractivity contribution >= 4 is 15.9 Å². The number of hydrogen-bond donors (Lipinski definition) is 1. The van der Waals surface area contributed by atoms with Gasteiger partial charge in [0.1, 0.15) is 5.82 Å². The predicted molar refractivity (Wildman–Crippen MR) is 82.2 cm³/mol. The van der Waals surface area contributed by atoms with Gasteiger partial charge in [0.2, 0.25) is 0 Å². The Morgan fingerprint density at radius 1 is 0.955 bits per heavy atom. The molecule has 0 saturated heterocycles. The molecule has 0 aliphatic heterocycles. The summed E-state index contributed by atoms with van der Waals surface area (Å²) in [5.74, 6) is 0.605.